The van der Waals surface area contributed by atoms with Gasteiger partial charge in [0, 0.05) is 25.7 Å². The number of rotatable bonds is 74. The maximum atomic E-state index is 13.1. The lowest BCUT2D eigenvalue weighted by Gasteiger charge is -2.21. The summed E-state index contributed by atoms with van der Waals surface area (Å²) < 4.78 is 68.5. The Bertz CT molecular complexity index is 1820. The molecule has 0 aliphatic carbocycles. The molecule has 558 valence electrons. The van der Waals surface area contributed by atoms with Crippen molar-refractivity contribution in [3.8, 4) is 0 Å². The second-order valence-corrected chi connectivity index (χ2v) is 30.9. The third kappa shape index (κ3) is 68.6. The minimum Gasteiger partial charge on any atom is -0.462 e. The Morgan fingerprint density at radius 1 is 0.287 bits per heavy atom. The summed E-state index contributed by atoms with van der Waals surface area (Å²) in [5.41, 5.74) is 0. The summed E-state index contributed by atoms with van der Waals surface area (Å²) in [7, 11) is -9.91. The maximum Gasteiger partial charge on any atom is 0.472 e. The molecule has 0 spiro atoms. The molecule has 0 saturated heterocycles. The lowest BCUT2D eigenvalue weighted by molar-refractivity contribution is -0.161. The lowest BCUT2D eigenvalue weighted by Crippen LogP contribution is -2.30. The highest BCUT2D eigenvalue weighted by Gasteiger charge is 2.30. The van der Waals surface area contributed by atoms with E-state index in [-0.39, 0.29) is 25.7 Å². The number of aliphatic hydroxyl groups excluding tert-OH is 1. The molecule has 0 heterocycles. The zero-order valence-electron chi connectivity index (χ0n) is 61.3. The first kappa shape index (κ1) is 92.1. The van der Waals surface area contributed by atoms with Crippen LogP contribution in [0.3, 0.4) is 0 Å². The van der Waals surface area contributed by atoms with Gasteiger partial charge in [0.1, 0.15) is 19.3 Å². The molecule has 0 amide bonds. The van der Waals surface area contributed by atoms with Crippen LogP contribution in [0.25, 0.3) is 0 Å². The summed E-state index contributed by atoms with van der Waals surface area (Å²) in [5.74, 6) is -0.568. The Morgan fingerprint density at radius 3 is 0.723 bits per heavy atom. The average molecular weight is 1380 g/mol. The minimum absolute atomic E-state index is 0.106. The SMILES string of the molecule is CCCCCCCCCCCCCCCCC(=O)OC[C@H](COP(=O)(O)OC[C@@H](O)COP(=O)(O)OC[C@@H](COC(=O)CCCCCCCCCCCC)OC(=O)CCCCCCCCCCCCC(C)C)OC(=O)CCCCCCCCCCCCCCCCC(C)C. The molecule has 94 heavy (non-hydrogen) atoms. The van der Waals surface area contributed by atoms with Gasteiger partial charge in [-0.1, -0.05) is 337 Å². The molecule has 19 heteroatoms. The van der Waals surface area contributed by atoms with Crippen molar-refractivity contribution >= 4 is 39.5 Å². The van der Waals surface area contributed by atoms with Crippen LogP contribution >= 0.6 is 15.6 Å². The fourth-order valence-electron chi connectivity index (χ4n) is 11.5. The quantitative estimate of drug-likeness (QED) is 0.0222. The normalized spacial score (nSPS) is 14.0. The third-order valence-corrected chi connectivity index (χ3v) is 19.4. The van der Waals surface area contributed by atoms with Crippen LogP contribution in [0.15, 0.2) is 0 Å². The van der Waals surface area contributed by atoms with Crippen molar-refractivity contribution in [1.29, 1.82) is 0 Å². The van der Waals surface area contributed by atoms with Crippen LogP contribution in [-0.2, 0) is 65.4 Å². The van der Waals surface area contributed by atoms with E-state index in [1.165, 1.54) is 205 Å². The van der Waals surface area contributed by atoms with E-state index in [4.69, 9.17) is 37.0 Å². The highest BCUT2D eigenvalue weighted by atomic mass is 31.2. The number of carbonyl (C=O) groups excluding carboxylic acids is 4. The Kier molecular flexibility index (Phi) is 65.5. The van der Waals surface area contributed by atoms with Gasteiger partial charge in [0.25, 0.3) is 0 Å². The number of aliphatic hydroxyl groups is 1. The highest BCUT2D eigenvalue weighted by molar-refractivity contribution is 7.47. The van der Waals surface area contributed by atoms with E-state index in [9.17, 15) is 43.2 Å². The number of hydrogen-bond donors (Lipinski definition) is 3. The topological polar surface area (TPSA) is 237 Å². The first-order valence-corrected chi connectivity index (χ1v) is 42.0. The van der Waals surface area contributed by atoms with Gasteiger partial charge >= 0.3 is 39.5 Å². The first-order valence-electron chi connectivity index (χ1n) is 39.0. The predicted molar refractivity (Wildman–Crippen MR) is 381 cm³/mol. The van der Waals surface area contributed by atoms with Gasteiger partial charge in [-0.2, -0.15) is 0 Å². The van der Waals surface area contributed by atoms with Crippen molar-refractivity contribution in [1.82, 2.24) is 0 Å². The Labute approximate surface area is 575 Å². The molecule has 3 N–H and O–H groups in total. The molecule has 0 saturated carbocycles. The van der Waals surface area contributed by atoms with Crippen LogP contribution in [0, 0.1) is 11.8 Å². The van der Waals surface area contributed by atoms with Gasteiger partial charge in [-0.05, 0) is 37.5 Å². The molecular formula is C75H146O17P2. The lowest BCUT2D eigenvalue weighted by atomic mass is 10.0. The second kappa shape index (κ2) is 66.9. The number of phosphoric acid groups is 2. The summed E-state index contributed by atoms with van der Waals surface area (Å²) in [6, 6.07) is 0. The van der Waals surface area contributed by atoms with Crippen molar-refractivity contribution < 1.29 is 80.2 Å². The fourth-order valence-corrected chi connectivity index (χ4v) is 13.1. The second-order valence-electron chi connectivity index (χ2n) is 28.0. The van der Waals surface area contributed by atoms with Crippen molar-refractivity contribution in [2.45, 2.75) is 407 Å². The van der Waals surface area contributed by atoms with E-state index in [1.54, 1.807) is 0 Å². The Morgan fingerprint density at radius 2 is 0.489 bits per heavy atom. The molecule has 0 aliphatic rings. The summed E-state index contributed by atoms with van der Waals surface area (Å²) in [5, 5.41) is 10.6. The highest BCUT2D eigenvalue weighted by Crippen LogP contribution is 2.45. The smallest absolute Gasteiger partial charge is 0.462 e. The van der Waals surface area contributed by atoms with Crippen LogP contribution in [0.4, 0.5) is 0 Å². The molecule has 0 bridgehead atoms. The van der Waals surface area contributed by atoms with Crippen molar-refractivity contribution in [3.05, 3.63) is 0 Å². The van der Waals surface area contributed by atoms with Crippen LogP contribution in [0.1, 0.15) is 388 Å². The van der Waals surface area contributed by atoms with E-state index in [1.807, 2.05) is 0 Å². The molecule has 0 aromatic carbocycles. The molecule has 17 nitrogen and oxygen atoms in total. The summed E-state index contributed by atoms with van der Waals surface area (Å²) >= 11 is 0. The van der Waals surface area contributed by atoms with Crippen molar-refractivity contribution in [2.75, 3.05) is 39.6 Å². The standard InChI is InChI=1S/C75H146O17P2/c1-7-9-11-13-15-17-19-20-24-27-34-40-46-52-58-73(78)86-64-71(91-74(79)59-53-47-41-35-28-25-22-21-23-26-31-37-43-49-55-67(3)4)66-90-94(83,84)88-62-69(76)61-87-93(81,82)89-65-70(63-85-72(77)57-51-45-39-33-18-16-14-12-10-8-2)92-75(80)60-54-48-42-36-30-29-32-38-44-50-56-68(5)6/h67-71,76H,7-66H2,1-6H3,(H,81,82)(H,83,84)/t69-,70+,71+/m0/s1. The number of unbranched alkanes of at least 4 members (excludes halogenated alkanes) is 44. The van der Waals surface area contributed by atoms with E-state index in [2.05, 4.69) is 41.5 Å². The summed E-state index contributed by atoms with van der Waals surface area (Å²) in [4.78, 5) is 72.8. The molecule has 0 aromatic heterocycles. The molecule has 0 rings (SSSR count). The number of carbonyl (C=O) groups is 4. The molecule has 2 unspecified atom stereocenters. The van der Waals surface area contributed by atoms with Crippen molar-refractivity contribution in [2.24, 2.45) is 11.8 Å². The Balaban J connectivity index is 5.25. The zero-order valence-corrected chi connectivity index (χ0v) is 63.1. The van der Waals surface area contributed by atoms with E-state index in [0.29, 0.717) is 25.7 Å². The monoisotopic (exact) mass is 1380 g/mol. The molecular weight excluding hydrogens is 1230 g/mol. The van der Waals surface area contributed by atoms with Gasteiger partial charge in [-0.15, -0.1) is 0 Å². The number of hydrogen-bond acceptors (Lipinski definition) is 15. The predicted octanol–water partition coefficient (Wildman–Crippen LogP) is 21.9. The fraction of sp³-hybridized carbons (Fsp3) is 0.947. The summed E-state index contributed by atoms with van der Waals surface area (Å²) in [6.45, 7) is 9.60. The van der Waals surface area contributed by atoms with Gasteiger partial charge in [0.2, 0.25) is 0 Å². The number of phosphoric ester groups is 2. The van der Waals surface area contributed by atoms with Crippen LogP contribution in [0.5, 0.6) is 0 Å². The Hall–Kier alpha value is -1.94. The van der Waals surface area contributed by atoms with E-state index >= 15 is 0 Å². The molecule has 0 radical (unpaired) electrons. The number of esters is 4. The number of ether oxygens (including phenoxy) is 4. The zero-order chi connectivity index (χ0) is 69.3. The van der Waals surface area contributed by atoms with Crippen LogP contribution in [0.2, 0.25) is 0 Å². The van der Waals surface area contributed by atoms with Crippen LogP contribution < -0.4 is 0 Å². The van der Waals surface area contributed by atoms with Gasteiger partial charge in [-0.3, -0.25) is 37.3 Å². The molecule has 0 aliphatic heterocycles. The van der Waals surface area contributed by atoms with E-state index in [0.717, 1.165) is 102 Å². The molecule has 0 aromatic rings. The van der Waals surface area contributed by atoms with Gasteiger partial charge in [0.05, 0.1) is 26.4 Å². The van der Waals surface area contributed by atoms with Gasteiger partial charge < -0.3 is 33.8 Å². The van der Waals surface area contributed by atoms with E-state index < -0.39 is 97.5 Å². The summed E-state index contributed by atoms with van der Waals surface area (Å²) in [6.07, 6.45) is 54.0. The van der Waals surface area contributed by atoms with Gasteiger partial charge in [0.15, 0.2) is 12.2 Å². The van der Waals surface area contributed by atoms with Crippen molar-refractivity contribution in [3.63, 3.8) is 0 Å². The molecule has 5 atom stereocenters. The largest absolute Gasteiger partial charge is 0.472 e. The molecule has 0 fully saturated rings. The van der Waals surface area contributed by atoms with Crippen LogP contribution in [-0.4, -0.2) is 96.7 Å². The maximum absolute atomic E-state index is 13.1. The van der Waals surface area contributed by atoms with Gasteiger partial charge in [-0.25, -0.2) is 9.13 Å². The average Bonchev–Trinajstić information content (AvgIpc) is 1.45. The minimum atomic E-state index is -4.96. The third-order valence-electron chi connectivity index (χ3n) is 17.5. The first-order chi connectivity index (χ1) is 45.4.